The summed E-state index contributed by atoms with van der Waals surface area (Å²) in [6.07, 6.45) is 0. The Labute approximate surface area is 96.3 Å². The molecular weight excluding hydrogens is 233 g/mol. The Balaban J connectivity index is 2.34. The van der Waals surface area contributed by atoms with Crippen molar-refractivity contribution < 1.29 is 4.39 Å². The van der Waals surface area contributed by atoms with Crippen LogP contribution in [0, 0.1) is 5.82 Å². The van der Waals surface area contributed by atoms with Crippen LogP contribution in [0.3, 0.4) is 0 Å². The summed E-state index contributed by atoms with van der Waals surface area (Å²) in [5, 5.41) is 2.07. The molecule has 0 amide bonds. The van der Waals surface area contributed by atoms with Gasteiger partial charge in [0.1, 0.15) is 5.82 Å². The Morgan fingerprint density at radius 3 is 2.73 bits per heavy atom. The van der Waals surface area contributed by atoms with Crippen molar-refractivity contribution in [2.24, 2.45) is 5.73 Å². The van der Waals surface area contributed by atoms with Crippen LogP contribution in [0.5, 0.6) is 0 Å². The van der Waals surface area contributed by atoms with Gasteiger partial charge < -0.3 is 5.73 Å². The van der Waals surface area contributed by atoms with E-state index in [0.29, 0.717) is 0 Å². The van der Waals surface area contributed by atoms with Gasteiger partial charge in [-0.1, -0.05) is 23.7 Å². The molecule has 0 aliphatic carbocycles. The smallest absolute Gasteiger partial charge is 0.141 e. The highest BCUT2D eigenvalue weighted by molar-refractivity contribution is 7.10. The van der Waals surface area contributed by atoms with Crippen LogP contribution in [0.15, 0.2) is 35.7 Å². The van der Waals surface area contributed by atoms with Crippen molar-refractivity contribution in [2.45, 2.75) is 6.04 Å². The van der Waals surface area contributed by atoms with Crippen molar-refractivity contribution >= 4 is 22.9 Å². The second kappa shape index (κ2) is 4.31. The van der Waals surface area contributed by atoms with Gasteiger partial charge in [0, 0.05) is 4.88 Å². The lowest BCUT2D eigenvalue weighted by Gasteiger charge is -2.10. The molecule has 4 heteroatoms. The van der Waals surface area contributed by atoms with Gasteiger partial charge in [-0.05, 0) is 29.1 Å². The van der Waals surface area contributed by atoms with Gasteiger partial charge in [0.2, 0.25) is 0 Å². The fourth-order valence-electron chi connectivity index (χ4n) is 1.34. The first-order valence-corrected chi connectivity index (χ1v) is 5.68. The number of thiophene rings is 1. The molecule has 1 atom stereocenters. The molecule has 1 aromatic carbocycles. The third-order valence-electron chi connectivity index (χ3n) is 2.15. The zero-order valence-corrected chi connectivity index (χ0v) is 9.36. The Kier molecular flexibility index (Phi) is 3.05. The molecule has 0 saturated carbocycles. The van der Waals surface area contributed by atoms with Crippen molar-refractivity contribution in [1.82, 2.24) is 0 Å². The van der Waals surface area contributed by atoms with Crippen molar-refractivity contribution in [3.63, 3.8) is 0 Å². The Bertz CT molecular complexity index is 456. The Hall–Kier alpha value is -0.900. The summed E-state index contributed by atoms with van der Waals surface area (Å²) in [4.78, 5) is 1.04. The molecule has 1 heterocycles. The zero-order chi connectivity index (χ0) is 10.8. The second-order valence-corrected chi connectivity index (χ2v) is 4.55. The molecule has 15 heavy (non-hydrogen) atoms. The highest BCUT2D eigenvalue weighted by atomic mass is 35.5. The number of rotatable bonds is 2. The molecule has 1 aromatic heterocycles. The molecule has 0 fully saturated rings. The molecule has 0 spiro atoms. The Morgan fingerprint density at radius 2 is 2.13 bits per heavy atom. The van der Waals surface area contributed by atoms with Crippen LogP contribution in [0.1, 0.15) is 16.5 Å². The third kappa shape index (κ3) is 2.20. The summed E-state index contributed by atoms with van der Waals surface area (Å²) in [6.45, 7) is 0. The van der Waals surface area contributed by atoms with Crippen LogP contribution in [-0.2, 0) is 0 Å². The standard InChI is InChI=1S/C11H9ClFNS/c12-8-6-7(3-4-9(8)13)11(14)10-2-1-5-15-10/h1-6,11H,14H2. The molecule has 2 rings (SSSR count). The molecule has 0 bridgehead atoms. The first kappa shape index (κ1) is 10.6. The van der Waals surface area contributed by atoms with E-state index >= 15 is 0 Å². The molecule has 2 aromatic rings. The van der Waals surface area contributed by atoms with Gasteiger partial charge >= 0.3 is 0 Å². The van der Waals surface area contributed by atoms with Gasteiger partial charge in [0.15, 0.2) is 0 Å². The highest BCUT2D eigenvalue weighted by Gasteiger charge is 2.11. The van der Waals surface area contributed by atoms with E-state index in [2.05, 4.69) is 0 Å². The quantitative estimate of drug-likeness (QED) is 0.855. The van der Waals surface area contributed by atoms with Crippen molar-refractivity contribution in [1.29, 1.82) is 0 Å². The molecular formula is C11H9ClFNS. The number of nitrogens with two attached hydrogens (primary N) is 1. The molecule has 0 saturated heterocycles. The zero-order valence-electron chi connectivity index (χ0n) is 7.78. The summed E-state index contributed by atoms with van der Waals surface area (Å²) in [6, 6.07) is 8.22. The SMILES string of the molecule is NC(c1ccc(F)c(Cl)c1)c1cccs1. The van der Waals surface area contributed by atoms with E-state index in [1.165, 1.54) is 6.07 Å². The van der Waals surface area contributed by atoms with E-state index in [-0.39, 0.29) is 11.1 Å². The van der Waals surface area contributed by atoms with Gasteiger partial charge in [0.25, 0.3) is 0 Å². The predicted molar refractivity (Wildman–Crippen MR) is 61.8 cm³/mol. The average molecular weight is 242 g/mol. The lowest BCUT2D eigenvalue weighted by molar-refractivity contribution is 0.627. The first-order chi connectivity index (χ1) is 7.18. The van der Waals surface area contributed by atoms with Gasteiger partial charge in [-0.25, -0.2) is 4.39 Å². The maximum absolute atomic E-state index is 12.9. The van der Waals surface area contributed by atoms with Crippen LogP contribution in [-0.4, -0.2) is 0 Å². The lowest BCUT2D eigenvalue weighted by atomic mass is 10.1. The molecule has 1 unspecified atom stereocenters. The summed E-state index contributed by atoms with van der Waals surface area (Å²) >= 11 is 7.27. The van der Waals surface area contributed by atoms with E-state index < -0.39 is 5.82 Å². The summed E-state index contributed by atoms with van der Waals surface area (Å²) in [5.74, 6) is -0.418. The summed E-state index contributed by atoms with van der Waals surface area (Å²) in [5.41, 5.74) is 6.83. The largest absolute Gasteiger partial charge is 0.320 e. The van der Waals surface area contributed by atoms with E-state index in [0.717, 1.165) is 10.4 Å². The van der Waals surface area contributed by atoms with Crippen LogP contribution < -0.4 is 5.73 Å². The molecule has 78 valence electrons. The van der Waals surface area contributed by atoms with Crippen LogP contribution >= 0.6 is 22.9 Å². The average Bonchev–Trinajstić information content (AvgIpc) is 2.74. The van der Waals surface area contributed by atoms with Gasteiger partial charge in [0.05, 0.1) is 11.1 Å². The summed E-state index contributed by atoms with van der Waals surface area (Å²) in [7, 11) is 0. The maximum atomic E-state index is 12.9. The fraction of sp³-hybridized carbons (Fsp3) is 0.0909. The van der Waals surface area contributed by atoms with Crippen molar-refractivity contribution in [3.05, 3.63) is 57.0 Å². The van der Waals surface area contributed by atoms with Crippen molar-refractivity contribution in [2.75, 3.05) is 0 Å². The minimum Gasteiger partial charge on any atom is -0.320 e. The maximum Gasteiger partial charge on any atom is 0.141 e. The third-order valence-corrected chi connectivity index (χ3v) is 3.40. The summed E-state index contributed by atoms with van der Waals surface area (Å²) < 4.78 is 12.9. The van der Waals surface area contributed by atoms with Crippen LogP contribution in [0.4, 0.5) is 4.39 Å². The molecule has 0 radical (unpaired) electrons. The van der Waals surface area contributed by atoms with Crippen LogP contribution in [0.25, 0.3) is 0 Å². The molecule has 2 N–H and O–H groups in total. The van der Waals surface area contributed by atoms with Crippen molar-refractivity contribution in [3.8, 4) is 0 Å². The van der Waals surface area contributed by atoms with Gasteiger partial charge in [-0.15, -0.1) is 11.3 Å². The topological polar surface area (TPSA) is 26.0 Å². The highest BCUT2D eigenvalue weighted by Crippen LogP contribution is 2.26. The van der Waals surface area contributed by atoms with E-state index in [4.69, 9.17) is 17.3 Å². The molecule has 1 nitrogen and oxygen atoms in total. The van der Waals surface area contributed by atoms with Gasteiger partial charge in [-0.2, -0.15) is 0 Å². The second-order valence-electron chi connectivity index (χ2n) is 3.17. The van der Waals surface area contributed by atoms with Crippen LogP contribution in [0.2, 0.25) is 5.02 Å². The number of halogens is 2. The Morgan fingerprint density at radius 1 is 1.33 bits per heavy atom. The fourth-order valence-corrected chi connectivity index (χ4v) is 2.28. The monoisotopic (exact) mass is 241 g/mol. The van der Waals surface area contributed by atoms with E-state index in [9.17, 15) is 4.39 Å². The predicted octanol–water partition coefficient (Wildman–Crippen LogP) is 3.59. The minimum absolute atomic E-state index is 0.111. The lowest BCUT2D eigenvalue weighted by Crippen LogP contribution is -2.10. The first-order valence-electron chi connectivity index (χ1n) is 4.42. The van der Waals surface area contributed by atoms with E-state index in [1.54, 1.807) is 23.5 Å². The number of hydrogen-bond acceptors (Lipinski definition) is 2. The van der Waals surface area contributed by atoms with E-state index in [1.807, 2.05) is 17.5 Å². The number of hydrogen-bond donors (Lipinski definition) is 1. The van der Waals surface area contributed by atoms with Gasteiger partial charge in [-0.3, -0.25) is 0 Å². The normalized spacial score (nSPS) is 12.7. The number of benzene rings is 1. The molecule has 0 aliphatic rings. The molecule has 0 aliphatic heterocycles. The minimum atomic E-state index is -0.418.